The van der Waals surface area contributed by atoms with Gasteiger partial charge in [0.05, 0.1) is 5.56 Å². The van der Waals surface area contributed by atoms with Crippen molar-refractivity contribution in [3.8, 4) is 5.75 Å². The average Bonchev–Trinajstić information content (AvgIpc) is 3.33. The normalized spacial score (nSPS) is 17.1. The second-order valence-corrected chi connectivity index (χ2v) is 7.87. The fourth-order valence-electron chi connectivity index (χ4n) is 3.69. The van der Waals surface area contributed by atoms with Gasteiger partial charge in [0.1, 0.15) is 11.6 Å². The Morgan fingerprint density at radius 3 is 2.89 bits per heavy atom. The highest BCUT2D eigenvalue weighted by molar-refractivity contribution is 6.02. The first kappa shape index (κ1) is 18.7. The second kappa shape index (κ2) is 8.16. The number of nitrogens with zero attached hydrogens (tertiary/aromatic N) is 4. The summed E-state index contributed by atoms with van der Waals surface area (Å²) < 4.78 is 10.8. The molecule has 0 atom stereocenters. The Hall–Kier alpha value is -2.64. The van der Waals surface area contributed by atoms with Crippen molar-refractivity contribution in [1.82, 2.24) is 15.1 Å². The molecule has 2 aromatic heterocycles. The number of fused-ring (bicyclic) bond motifs is 1. The molecule has 0 saturated carbocycles. The molecule has 0 bridgehead atoms. The van der Waals surface area contributed by atoms with Gasteiger partial charge in [-0.15, -0.1) is 0 Å². The maximum atomic E-state index is 11.6. The topological polar surface area (TPSA) is 93.4 Å². The fraction of sp³-hybridized carbons (Fsp3) is 0.600. The highest BCUT2D eigenvalue weighted by atomic mass is 16.5. The number of hydrogen-bond donors (Lipinski definition) is 1. The zero-order chi connectivity index (χ0) is 19.5. The van der Waals surface area contributed by atoms with Crippen molar-refractivity contribution in [2.45, 2.75) is 45.4 Å². The molecule has 1 saturated heterocycles. The van der Waals surface area contributed by atoms with E-state index < -0.39 is 0 Å². The molecule has 0 aromatic carbocycles. The van der Waals surface area contributed by atoms with E-state index >= 15 is 0 Å². The van der Waals surface area contributed by atoms with Crippen molar-refractivity contribution in [3.63, 3.8) is 0 Å². The Morgan fingerprint density at radius 2 is 2.14 bits per heavy atom. The summed E-state index contributed by atoms with van der Waals surface area (Å²) in [7, 11) is 0. The summed E-state index contributed by atoms with van der Waals surface area (Å²) in [5, 5.41) is 7.39. The zero-order valence-electron chi connectivity index (χ0n) is 16.5. The lowest BCUT2D eigenvalue weighted by molar-refractivity contribution is 0.0961. The first-order valence-electron chi connectivity index (χ1n) is 10.1. The first-order valence-corrected chi connectivity index (χ1v) is 10.1. The molecule has 2 aliphatic rings. The molecule has 2 aliphatic heterocycles. The van der Waals surface area contributed by atoms with Gasteiger partial charge in [-0.3, -0.25) is 4.79 Å². The molecule has 150 valence electrons. The van der Waals surface area contributed by atoms with Crippen molar-refractivity contribution >= 4 is 17.6 Å². The molecule has 0 spiro atoms. The summed E-state index contributed by atoms with van der Waals surface area (Å²) in [4.78, 5) is 22.6. The molecule has 1 fully saturated rings. The molecule has 8 nitrogen and oxygen atoms in total. The standard InChI is InChI=1S/C20H27N5O3/c1-13(2)19-23-20(28-24-19)25-8-5-14(6-9-25)4-3-7-21-18-10-17-15(11-22-18)16(26)12-27-17/h10-11,13-14H,3-9,12H2,1-2H3,(H,21,22). The molecular weight excluding hydrogens is 358 g/mol. The third-order valence-corrected chi connectivity index (χ3v) is 5.45. The monoisotopic (exact) mass is 385 g/mol. The lowest BCUT2D eigenvalue weighted by atomic mass is 9.92. The average molecular weight is 385 g/mol. The Morgan fingerprint density at radius 1 is 1.32 bits per heavy atom. The number of ether oxygens (including phenoxy) is 1. The maximum absolute atomic E-state index is 11.6. The number of piperidine rings is 1. The van der Waals surface area contributed by atoms with Crippen LogP contribution in [0.3, 0.4) is 0 Å². The Kier molecular flexibility index (Phi) is 5.45. The third kappa shape index (κ3) is 4.10. The van der Waals surface area contributed by atoms with Crippen LogP contribution in [0.4, 0.5) is 11.8 Å². The minimum absolute atomic E-state index is 0.00125. The van der Waals surface area contributed by atoms with Gasteiger partial charge in [0.25, 0.3) is 0 Å². The van der Waals surface area contributed by atoms with Gasteiger partial charge >= 0.3 is 6.01 Å². The van der Waals surface area contributed by atoms with Crippen LogP contribution in [0.5, 0.6) is 5.75 Å². The molecule has 28 heavy (non-hydrogen) atoms. The maximum Gasteiger partial charge on any atom is 0.324 e. The number of Topliss-reactive ketones (excluding diaryl/α,β-unsaturated/α-hetero) is 1. The molecule has 0 amide bonds. The van der Waals surface area contributed by atoms with E-state index in [4.69, 9.17) is 9.26 Å². The molecule has 4 rings (SSSR count). The van der Waals surface area contributed by atoms with Crippen molar-refractivity contribution in [2.24, 2.45) is 5.92 Å². The summed E-state index contributed by atoms with van der Waals surface area (Å²) in [6.45, 7) is 7.06. The number of nitrogens with one attached hydrogen (secondary N) is 1. The van der Waals surface area contributed by atoms with Gasteiger partial charge in [-0.2, -0.15) is 4.98 Å². The highest BCUT2D eigenvalue weighted by Crippen LogP contribution is 2.28. The molecule has 4 heterocycles. The largest absolute Gasteiger partial charge is 0.484 e. The first-order chi connectivity index (χ1) is 13.6. The van der Waals surface area contributed by atoms with Crippen LogP contribution in [0, 0.1) is 5.92 Å². The third-order valence-electron chi connectivity index (χ3n) is 5.45. The lowest BCUT2D eigenvalue weighted by Crippen LogP contribution is -2.34. The fourth-order valence-corrected chi connectivity index (χ4v) is 3.69. The van der Waals surface area contributed by atoms with Crippen LogP contribution in [0.1, 0.15) is 61.6 Å². The van der Waals surface area contributed by atoms with E-state index in [1.807, 2.05) is 6.07 Å². The lowest BCUT2D eigenvalue weighted by Gasteiger charge is -2.30. The Labute approximate surface area is 164 Å². The zero-order valence-corrected chi connectivity index (χ0v) is 16.5. The Balaban J connectivity index is 1.17. The van der Waals surface area contributed by atoms with Crippen LogP contribution < -0.4 is 15.0 Å². The number of pyridine rings is 1. The van der Waals surface area contributed by atoms with E-state index in [0.717, 1.165) is 56.5 Å². The van der Waals surface area contributed by atoms with Crippen molar-refractivity contribution in [3.05, 3.63) is 23.7 Å². The number of rotatable bonds is 7. The summed E-state index contributed by atoms with van der Waals surface area (Å²) in [6, 6.07) is 2.47. The summed E-state index contributed by atoms with van der Waals surface area (Å²) >= 11 is 0. The summed E-state index contributed by atoms with van der Waals surface area (Å²) in [6.07, 6.45) is 6.16. The number of ketones is 1. The van der Waals surface area contributed by atoms with Crippen molar-refractivity contribution in [2.75, 3.05) is 36.5 Å². The van der Waals surface area contributed by atoms with E-state index in [1.165, 1.54) is 6.42 Å². The second-order valence-electron chi connectivity index (χ2n) is 7.87. The van der Waals surface area contributed by atoms with Crippen LogP contribution >= 0.6 is 0 Å². The quantitative estimate of drug-likeness (QED) is 0.726. The molecule has 1 N–H and O–H groups in total. The smallest absolute Gasteiger partial charge is 0.324 e. The molecule has 0 unspecified atom stereocenters. The number of carbonyl (C=O) groups is 1. The van der Waals surface area contributed by atoms with Gasteiger partial charge in [0, 0.05) is 37.8 Å². The SMILES string of the molecule is CC(C)c1noc(N2CCC(CCCNc3cc4c(cn3)C(=O)CO4)CC2)n1. The van der Waals surface area contributed by atoms with E-state index in [-0.39, 0.29) is 18.3 Å². The van der Waals surface area contributed by atoms with Gasteiger partial charge in [-0.05, 0) is 31.6 Å². The summed E-state index contributed by atoms with van der Waals surface area (Å²) in [5.74, 6) is 3.19. The van der Waals surface area contributed by atoms with Gasteiger partial charge < -0.3 is 19.5 Å². The van der Waals surface area contributed by atoms with Crippen molar-refractivity contribution < 1.29 is 14.1 Å². The van der Waals surface area contributed by atoms with Gasteiger partial charge in [0.2, 0.25) is 5.78 Å². The predicted molar refractivity (Wildman–Crippen MR) is 105 cm³/mol. The minimum atomic E-state index is 0.00125. The van der Waals surface area contributed by atoms with E-state index in [9.17, 15) is 4.79 Å². The van der Waals surface area contributed by atoms with Crippen LogP contribution in [0.15, 0.2) is 16.8 Å². The van der Waals surface area contributed by atoms with Gasteiger partial charge in [-0.1, -0.05) is 19.0 Å². The van der Waals surface area contributed by atoms with E-state index in [2.05, 4.69) is 39.2 Å². The van der Waals surface area contributed by atoms with Crippen LogP contribution in [0.2, 0.25) is 0 Å². The number of hydrogen-bond acceptors (Lipinski definition) is 8. The molecular formula is C20H27N5O3. The molecule has 2 aromatic rings. The number of aromatic nitrogens is 3. The predicted octanol–water partition coefficient (Wildman–Crippen LogP) is 3.27. The molecule has 0 aliphatic carbocycles. The summed E-state index contributed by atoms with van der Waals surface area (Å²) in [5.41, 5.74) is 0.582. The molecule has 0 radical (unpaired) electrons. The van der Waals surface area contributed by atoms with Crippen LogP contribution in [-0.2, 0) is 0 Å². The van der Waals surface area contributed by atoms with Gasteiger partial charge in [0.15, 0.2) is 12.4 Å². The highest BCUT2D eigenvalue weighted by Gasteiger charge is 2.24. The van der Waals surface area contributed by atoms with Crippen LogP contribution in [-0.4, -0.2) is 47.1 Å². The van der Waals surface area contributed by atoms with Crippen molar-refractivity contribution in [1.29, 1.82) is 0 Å². The minimum Gasteiger partial charge on any atom is -0.484 e. The number of anilines is 2. The van der Waals surface area contributed by atoms with E-state index in [1.54, 1.807) is 6.20 Å². The van der Waals surface area contributed by atoms with Crippen LogP contribution in [0.25, 0.3) is 0 Å². The number of carbonyl (C=O) groups excluding carboxylic acids is 1. The van der Waals surface area contributed by atoms with E-state index in [0.29, 0.717) is 17.3 Å². The van der Waals surface area contributed by atoms with Gasteiger partial charge in [-0.25, -0.2) is 4.98 Å². The Bertz CT molecular complexity index is 827. The molecule has 8 heteroatoms.